The molecule has 1 N–H and O–H groups in total. The molecule has 0 aliphatic rings. The molecule has 0 atom stereocenters. The van der Waals surface area contributed by atoms with Gasteiger partial charge < -0.3 is 0 Å². The van der Waals surface area contributed by atoms with Gasteiger partial charge in [0, 0.05) is 0 Å². The van der Waals surface area contributed by atoms with Crippen LogP contribution in [0.1, 0.15) is 30.9 Å². The Kier molecular flexibility index (Phi) is 5.02. The third kappa shape index (κ3) is 4.08. The van der Waals surface area contributed by atoms with Crippen LogP contribution in [-0.2, 0) is 16.4 Å². The van der Waals surface area contributed by atoms with E-state index in [2.05, 4.69) is 11.6 Å². The maximum absolute atomic E-state index is 12.4. The number of hydrogen-bond donors (Lipinski definition) is 1. The smallest absolute Gasteiger partial charge is 0.261 e. The van der Waals surface area contributed by atoms with Gasteiger partial charge in [-0.15, -0.1) is 0 Å². The minimum absolute atomic E-state index is 0.297. The maximum atomic E-state index is 12.4. The van der Waals surface area contributed by atoms with Crippen molar-refractivity contribution in [2.45, 2.75) is 38.0 Å². The van der Waals surface area contributed by atoms with Crippen LogP contribution in [0.25, 0.3) is 0 Å². The molecule has 112 valence electrons. The SMILES string of the molecule is CCCCc1ccc(S(=O)(=O)Nc2ccccc2C)cc1. The summed E-state index contributed by atoms with van der Waals surface area (Å²) in [5.74, 6) is 0. The summed E-state index contributed by atoms with van der Waals surface area (Å²) in [6.07, 6.45) is 3.24. The molecule has 0 aromatic heterocycles. The Hall–Kier alpha value is -1.81. The third-order valence-electron chi connectivity index (χ3n) is 3.44. The van der Waals surface area contributed by atoms with Crippen molar-refractivity contribution in [1.29, 1.82) is 0 Å². The van der Waals surface area contributed by atoms with E-state index in [0.29, 0.717) is 10.6 Å². The summed E-state index contributed by atoms with van der Waals surface area (Å²) in [4.78, 5) is 0.297. The first-order valence-corrected chi connectivity index (χ1v) is 8.68. The number of unbranched alkanes of at least 4 members (excludes halogenated alkanes) is 1. The molecule has 0 heterocycles. The highest BCUT2D eigenvalue weighted by molar-refractivity contribution is 7.92. The van der Waals surface area contributed by atoms with Crippen molar-refractivity contribution >= 4 is 15.7 Å². The number of sulfonamides is 1. The molecule has 21 heavy (non-hydrogen) atoms. The number of hydrogen-bond acceptors (Lipinski definition) is 2. The van der Waals surface area contributed by atoms with Gasteiger partial charge in [0.15, 0.2) is 0 Å². The van der Waals surface area contributed by atoms with E-state index in [-0.39, 0.29) is 0 Å². The van der Waals surface area contributed by atoms with E-state index in [1.807, 2.05) is 37.3 Å². The fourth-order valence-corrected chi connectivity index (χ4v) is 3.24. The van der Waals surface area contributed by atoms with Gasteiger partial charge in [0.25, 0.3) is 10.0 Å². The van der Waals surface area contributed by atoms with E-state index in [1.54, 1.807) is 18.2 Å². The topological polar surface area (TPSA) is 46.2 Å². The van der Waals surface area contributed by atoms with Gasteiger partial charge in [-0.25, -0.2) is 8.42 Å². The first kappa shape index (κ1) is 15.6. The van der Waals surface area contributed by atoms with E-state index in [9.17, 15) is 8.42 Å². The Morgan fingerprint density at radius 1 is 1.00 bits per heavy atom. The molecular formula is C17H21NO2S. The first-order chi connectivity index (χ1) is 10.0. The van der Waals surface area contributed by atoms with Crippen LogP contribution in [0.2, 0.25) is 0 Å². The first-order valence-electron chi connectivity index (χ1n) is 7.20. The molecule has 2 rings (SSSR count). The summed E-state index contributed by atoms with van der Waals surface area (Å²) >= 11 is 0. The predicted octanol–water partition coefficient (Wildman–Crippen LogP) is 4.14. The zero-order valence-corrected chi connectivity index (χ0v) is 13.3. The molecule has 2 aromatic rings. The Labute approximate surface area is 127 Å². The minimum Gasteiger partial charge on any atom is -0.279 e. The second-order valence-corrected chi connectivity index (χ2v) is 6.85. The zero-order chi connectivity index (χ0) is 15.3. The van der Waals surface area contributed by atoms with Crippen LogP contribution in [0.15, 0.2) is 53.4 Å². The molecule has 0 spiro atoms. The maximum Gasteiger partial charge on any atom is 0.261 e. The standard InChI is InChI=1S/C17H21NO2S/c1-3-4-8-15-10-12-16(13-11-15)21(19,20)18-17-9-6-5-7-14(17)2/h5-7,9-13,18H,3-4,8H2,1-2H3. The van der Waals surface area contributed by atoms with E-state index in [1.165, 1.54) is 5.56 Å². The molecule has 0 aliphatic carbocycles. The fourth-order valence-electron chi connectivity index (χ4n) is 2.11. The quantitative estimate of drug-likeness (QED) is 0.872. The van der Waals surface area contributed by atoms with Crippen LogP contribution in [-0.4, -0.2) is 8.42 Å². The second-order valence-electron chi connectivity index (χ2n) is 5.17. The minimum atomic E-state index is -3.52. The van der Waals surface area contributed by atoms with E-state index < -0.39 is 10.0 Å². The predicted molar refractivity (Wildman–Crippen MR) is 87.0 cm³/mol. The van der Waals surface area contributed by atoms with Gasteiger partial charge in [0.2, 0.25) is 0 Å². The molecule has 0 radical (unpaired) electrons. The van der Waals surface area contributed by atoms with Crippen LogP contribution in [0.3, 0.4) is 0 Å². The summed E-state index contributed by atoms with van der Waals surface area (Å²) in [5, 5.41) is 0. The average molecular weight is 303 g/mol. The number of anilines is 1. The molecule has 0 aliphatic heterocycles. The monoisotopic (exact) mass is 303 g/mol. The molecule has 0 unspecified atom stereocenters. The van der Waals surface area contributed by atoms with Crippen LogP contribution in [0, 0.1) is 6.92 Å². The van der Waals surface area contributed by atoms with Gasteiger partial charge in [0.1, 0.15) is 0 Å². The van der Waals surface area contributed by atoms with Crippen molar-refractivity contribution in [3.8, 4) is 0 Å². The van der Waals surface area contributed by atoms with E-state index >= 15 is 0 Å². The van der Waals surface area contributed by atoms with Gasteiger partial charge in [-0.3, -0.25) is 4.72 Å². The lowest BCUT2D eigenvalue weighted by atomic mass is 10.1. The lowest BCUT2D eigenvalue weighted by Crippen LogP contribution is -2.13. The summed E-state index contributed by atoms with van der Waals surface area (Å²) in [6, 6.07) is 14.5. The third-order valence-corrected chi connectivity index (χ3v) is 4.82. The Morgan fingerprint density at radius 3 is 2.29 bits per heavy atom. The van der Waals surface area contributed by atoms with Gasteiger partial charge in [0.05, 0.1) is 10.6 Å². The average Bonchev–Trinajstić information content (AvgIpc) is 2.48. The molecule has 3 nitrogen and oxygen atoms in total. The largest absolute Gasteiger partial charge is 0.279 e. The molecule has 0 saturated carbocycles. The number of para-hydroxylation sites is 1. The van der Waals surface area contributed by atoms with Crippen molar-refractivity contribution < 1.29 is 8.42 Å². The number of benzene rings is 2. The normalized spacial score (nSPS) is 11.3. The molecule has 0 bridgehead atoms. The van der Waals surface area contributed by atoms with Gasteiger partial charge in [-0.1, -0.05) is 43.7 Å². The summed E-state index contributed by atoms with van der Waals surface area (Å²) < 4.78 is 27.4. The van der Waals surface area contributed by atoms with Crippen LogP contribution in [0.5, 0.6) is 0 Å². The lowest BCUT2D eigenvalue weighted by molar-refractivity contribution is 0.601. The molecular weight excluding hydrogens is 282 g/mol. The van der Waals surface area contributed by atoms with Crippen LogP contribution >= 0.6 is 0 Å². The summed E-state index contributed by atoms with van der Waals surface area (Å²) in [7, 11) is -3.52. The van der Waals surface area contributed by atoms with Crippen LogP contribution < -0.4 is 4.72 Å². The van der Waals surface area contributed by atoms with E-state index in [0.717, 1.165) is 24.8 Å². The number of rotatable bonds is 6. The zero-order valence-electron chi connectivity index (χ0n) is 12.5. The van der Waals surface area contributed by atoms with Crippen molar-refractivity contribution in [3.63, 3.8) is 0 Å². The highest BCUT2D eigenvalue weighted by Crippen LogP contribution is 2.20. The molecule has 0 fully saturated rings. The highest BCUT2D eigenvalue weighted by atomic mass is 32.2. The van der Waals surface area contributed by atoms with Crippen molar-refractivity contribution in [2.75, 3.05) is 4.72 Å². The van der Waals surface area contributed by atoms with E-state index in [4.69, 9.17) is 0 Å². The summed E-state index contributed by atoms with van der Waals surface area (Å²) in [5.41, 5.74) is 2.69. The number of nitrogens with one attached hydrogen (secondary N) is 1. The Morgan fingerprint density at radius 2 is 1.67 bits per heavy atom. The molecule has 2 aromatic carbocycles. The van der Waals surface area contributed by atoms with Gasteiger partial charge >= 0.3 is 0 Å². The molecule has 0 saturated heterocycles. The van der Waals surface area contributed by atoms with Crippen molar-refractivity contribution in [3.05, 3.63) is 59.7 Å². The van der Waals surface area contributed by atoms with Crippen LogP contribution in [0.4, 0.5) is 5.69 Å². The summed E-state index contributed by atoms with van der Waals surface area (Å²) in [6.45, 7) is 4.02. The number of aryl methyl sites for hydroxylation is 2. The van der Waals surface area contributed by atoms with Crippen molar-refractivity contribution in [1.82, 2.24) is 0 Å². The van der Waals surface area contributed by atoms with Crippen molar-refractivity contribution in [2.24, 2.45) is 0 Å². The molecule has 0 amide bonds. The lowest BCUT2D eigenvalue weighted by Gasteiger charge is -2.10. The van der Waals surface area contributed by atoms with Gasteiger partial charge in [-0.05, 0) is 49.1 Å². The molecule has 4 heteroatoms. The Bertz CT molecular complexity index is 691. The fraction of sp³-hybridized carbons (Fsp3) is 0.294. The highest BCUT2D eigenvalue weighted by Gasteiger charge is 2.14. The van der Waals surface area contributed by atoms with Gasteiger partial charge in [-0.2, -0.15) is 0 Å². The second kappa shape index (κ2) is 6.76. The Balaban J connectivity index is 2.18.